The number of halogens is 1. The van der Waals surface area contributed by atoms with E-state index in [-0.39, 0.29) is 23.1 Å². The fraction of sp³-hybridized carbons (Fsp3) is 0.321. The second kappa shape index (κ2) is 10.6. The molecule has 1 atom stereocenters. The summed E-state index contributed by atoms with van der Waals surface area (Å²) in [4.78, 5) is 17.2. The number of nitrogens with zero attached hydrogens (tertiary/aromatic N) is 2. The molecular formula is C28H29FN2O2S. The number of carbonyl (C=O) groups is 1. The van der Waals surface area contributed by atoms with Gasteiger partial charge in [0.2, 0.25) is 5.91 Å². The summed E-state index contributed by atoms with van der Waals surface area (Å²) in [6.45, 7) is 3.39. The summed E-state index contributed by atoms with van der Waals surface area (Å²) in [7, 11) is 0. The summed E-state index contributed by atoms with van der Waals surface area (Å²) < 4.78 is 19.3. The molecule has 6 heteroatoms. The number of ether oxygens (including phenoxy) is 1. The molecule has 0 bridgehead atoms. The van der Waals surface area contributed by atoms with E-state index in [1.165, 1.54) is 17.7 Å². The molecule has 4 nitrogen and oxygen atoms in total. The Bertz CT molecular complexity index is 1080. The minimum Gasteiger partial charge on any atom is -0.489 e. The third-order valence-electron chi connectivity index (χ3n) is 6.59. The molecule has 2 heterocycles. The molecule has 0 radical (unpaired) electrons. The zero-order valence-corrected chi connectivity index (χ0v) is 19.9. The van der Waals surface area contributed by atoms with Crippen molar-refractivity contribution in [1.29, 1.82) is 0 Å². The number of carbonyl (C=O) groups excluding carboxylic acids is 1. The van der Waals surface area contributed by atoms with Gasteiger partial charge in [0.1, 0.15) is 23.5 Å². The van der Waals surface area contributed by atoms with E-state index in [1.807, 2.05) is 35.2 Å². The van der Waals surface area contributed by atoms with Crippen molar-refractivity contribution in [3.63, 3.8) is 0 Å². The maximum Gasteiger partial charge on any atom is 0.234 e. The Balaban J connectivity index is 1.13. The molecule has 3 aromatic carbocycles. The van der Waals surface area contributed by atoms with Crippen LogP contribution in [0.15, 0.2) is 78.9 Å². The highest BCUT2D eigenvalue weighted by Gasteiger charge is 2.38. The predicted octanol–water partition coefficient (Wildman–Crippen LogP) is 5.64. The monoisotopic (exact) mass is 476 g/mol. The third-order valence-corrected chi connectivity index (χ3v) is 7.82. The van der Waals surface area contributed by atoms with Gasteiger partial charge in [-0.05, 0) is 53.8 Å². The molecular weight excluding hydrogens is 447 g/mol. The van der Waals surface area contributed by atoms with Gasteiger partial charge in [-0.2, -0.15) is 0 Å². The fourth-order valence-electron chi connectivity index (χ4n) is 4.76. The maximum absolute atomic E-state index is 13.4. The number of piperidine rings is 1. The van der Waals surface area contributed by atoms with Crippen LogP contribution in [-0.4, -0.2) is 40.6 Å². The van der Waals surface area contributed by atoms with Crippen molar-refractivity contribution in [2.45, 2.75) is 37.4 Å². The molecule has 0 N–H and O–H groups in total. The van der Waals surface area contributed by atoms with Crippen LogP contribution in [0.2, 0.25) is 0 Å². The van der Waals surface area contributed by atoms with E-state index in [2.05, 4.69) is 29.2 Å². The Hall–Kier alpha value is -2.83. The quantitative estimate of drug-likeness (QED) is 0.442. The summed E-state index contributed by atoms with van der Waals surface area (Å²) in [6.07, 6.45) is 1.92. The van der Waals surface area contributed by atoms with E-state index < -0.39 is 0 Å². The van der Waals surface area contributed by atoms with Gasteiger partial charge in [0, 0.05) is 25.7 Å². The summed E-state index contributed by atoms with van der Waals surface area (Å²) in [5.41, 5.74) is 3.43. The van der Waals surface area contributed by atoms with Gasteiger partial charge in [0.15, 0.2) is 0 Å². The standard InChI is InChI=1S/C28H29FN2O2S/c29-24-10-8-23(9-11-24)28-31(27(32)20-34-28)25-14-16-30(17-15-25)18-21-6-12-26(13-7-21)33-19-22-4-2-1-3-5-22/h1-13,25,28H,14-20H2. The molecule has 0 aromatic heterocycles. The van der Waals surface area contributed by atoms with E-state index in [4.69, 9.17) is 4.74 Å². The van der Waals surface area contributed by atoms with Gasteiger partial charge in [0.05, 0.1) is 5.75 Å². The normalized spacial score (nSPS) is 19.5. The highest BCUT2D eigenvalue weighted by molar-refractivity contribution is 8.00. The molecule has 1 unspecified atom stereocenters. The zero-order chi connectivity index (χ0) is 23.3. The molecule has 2 fully saturated rings. The van der Waals surface area contributed by atoms with Crippen molar-refractivity contribution in [2.75, 3.05) is 18.8 Å². The zero-order valence-electron chi connectivity index (χ0n) is 19.1. The summed E-state index contributed by atoms with van der Waals surface area (Å²) in [5.74, 6) is 1.33. The average molecular weight is 477 g/mol. The van der Waals surface area contributed by atoms with E-state index >= 15 is 0 Å². The first kappa shape index (κ1) is 22.9. The minimum absolute atomic E-state index is 0.00641. The van der Waals surface area contributed by atoms with Gasteiger partial charge in [-0.1, -0.05) is 54.6 Å². The van der Waals surface area contributed by atoms with Gasteiger partial charge < -0.3 is 9.64 Å². The van der Waals surface area contributed by atoms with E-state index in [1.54, 1.807) is 23.9 Å². The molecule has 0 aliphatic carbocycles. The molecule has 0 saturated carbocycles. The third kappa shape index (κ3) is 5.45. The van der Waals surface area contributed by atoms with Gasteiger partial charge in [0.25, 0.3) is 0 Å². The molecule has 34 heavy (non-hydrogen) atoms. The summed E-state index contributed by atoms with van der Waals surface area (Å²) in [5, 5.41) is -0.00641. The SMILES string of the molecule is O=C1CSC(c2ccc(F)cc2)N1C1CCN(Cc2ccc(OCc3ccccc3)cc2)CC1. The first-order valence-electron chi connectivity index (χ1n) is 11.8. The molecule has 176 valence electrons. The Morgan fingerprint density at radius 1 is 0.882 bits per heavy atom. The van der Waals surface area contributed by atoms with Gasteiger partial charge in [-0.25, -0.2) is 4.39 Å². The predicted molar refractivity (Wildman–Crippen MR) is 134 cm³/mol. The van der Waals surface area contributed by atoms with Crippen LogP contribution in [0.3, 0.4) is 0 Å². The molecule has 2 saturated heterocycles. The van der Waals surface area contributed by atoms with Crippen molar-refractivity contribution in [1.82, 2.24) is 9.80 Å². The minimum atomic E-state index is -0.242. The number of thioether (sulfide) groups is 1. The highest BCUT2D eigenvalue weighted by Crippen LogP contribution is 2.41. The number of hydrogen-bond acceptors (Lipinski definition) is 4. The number of rotatable bonds is 7. The van der Waals surface area contributed by atoms with Crippen LogP contribution in [0, 0.1) is 5.82 Å². The number of benzene rings is 3. The van der Waals surface area contributed by atoms with E-state index in [9.17, 15) is 9.18 Å². The summed E-state index contributed by atoms with van der Waals surface area (Å²) in [6, 6.07) is 25.3. The Labute approximate surface area is 204 Å². The van der Waals surface area contributed by atoms with Crippen LogP contribution in [0.1, 0.15) is 34.9 Å². The maximum atomic E-state index is 13.4. The van der Waals surface area contributed by atoms with Crippen molar-refractivity contribution >= 4 is 17.7 Å². The topological polar surface area (TPSA) is 32.8 Å². The van der Waals surface area contributed by atoms with Crippen LogP contribution >= 0.6 is 11.8 Å². The van der Waals surface area contributed by atoms with Gasteiger partial charge in [-0.3, -0.25) is 9.69 Å². The van der Waals surface area contributed by atoms with Crippen LogP contribution in [0.25, 0.3) is 0 Å². The van der Waals surface area contributed by atoms with E-state index in [0.717, 1.165) is 49.4 Å². The van der Waals surface area contributed by atoms with Crippen molar-refractivity contribution in [3.05, 3.63) is 101 Å². The van der Waals surface area contributed by atoms with Gasteiger partial charge >= 0.3 is 0 Å². The second-order valence-electron chi connectivity index (χ2n) is 8.94. The lowest BCUT2D eigenvalue weighted by atomic mass is 10.0. The van der Waals surface area contributed by atoms with Crippen molar-refractivity contribution in [2.24, 2.45) is 0 Å². The smallest absolute Gasteiger partial charge is 0.234 e. The second-order valence-corrected chi connectivity index (χ2v) is 10.0. The molecule has 2 aliphatic rings. The van der Waals surface area contributed by atoms with Crippen LogP contribution in [0.4, 0.5) is 4.39 Å². The first-order valence-corrected chi connectivity index (χ1v) is 12.9. The lowest BCUT2D eigenvalue weighted by Crippen LogP contribution is -2.46. The Kier molecular flexibility index (Phi) is 7.16. The molecule has 2 aliphatic heterocycles. The van der Waals surface area contributed by atoms with Crippen LogP contribution in [0.5, 0.6) is 5.75 Å². The Morgan fingerprint density at radius 2 is 1.59 bits per heavy atom. The lowest BCUT2D eigenvalue weighted by molar-refractivity contribution is -0.131. The number of hydrogen-bond donors (Lipinski definition) is 0. The lowest BCUT2D eigenvalue weighted by Gasteiger charge is -2.39. The Morgan fingerprint density at radius 3 is 2.29 bits per heavy atom. The number of amides is 1. The largest absolute Gasteiger partial charge is 0.489 e. The van der Waals surface area contributed by atoms with Gasteiger partial charge in [-0.15, -0.1) is 11.8 Å². The summed E-state index contributed by atoms with van der Waals surface area (Å²) >= 11 is 1.65. The molecule has 3 aromatic rings. The highest BCUT2D eigenvalue weighted by atomic mass is 32.2. The molecule has 5 rings (SSSR count). The first-order chi connectivity index (χ1) is 16.7. The number of likely N-dealkylation sites (tertiary alicyclic amines) is 1. The van der Waals surface area contributed by atoms with Crippen LogP contribution < -0.4 is 4.74 Å². The van der Waals surface area contributed by atoms with Crippen LogP contribution in [-0.2, 0) is 17.9 Å². The van der Waals surface area contributed by atoms with Crippen molar-refractivity contribution < 1.29 is 13.9 Å². The fourth-order valence-corrected chi connectivity index (χ4v) is 6.01. The molecule has 0 spiro atoms. The average Bonchev–Trinajstić information content (AvgIpc) is 3.26. The van der Waals surface area contributed by atoms with E-state index in [0.29, 0.717) is 12.4 Å². The molecule has 1 amide bonds. The van der Waals surface area contributed by atoms with Crippen molar-refractivity contribution in [3.8, 4) is 5.75 Å².